The fourth-order valence-electron chi connectivity index (χ4n) is 1.50. The van der Waals surface area contributed by atoms with Gasteiger partial charge in [0, 0.05) is 10.8 Å². The molecule has 16 heavy (non-hydrogen) atoms. The second-order valence-electron chi connectivity index (χ2n) is 3.41. The van der Waals surface area contributed by atoms with E-state index in [2.05, 4.69) is 5.10 Å². The zero-order chi connectivity index (χ0) is 11.4. The maximum absolute atomic E-state index is 11.3. The molecule has 0 aliphatic carbocycles. The lowest BCUT2D eigenvalue weighted by molar-refractivity contribution is -0.742. The highest BCUT2D eigenvalue weighted by Crippen LogP contribution is 2.08. The summed E-state index contributed by atoms with van der Waals surface area (Å²) in [4.78, 5) is 11.3. The van der Waals surface area contributed by atoms with E-state index in [0.29, 0.717) is 6.61 Å². The molecule has 0 radical (unpaired) electrons. The first-order valence-electron chi connectivity index (χ1n) is 5.19. The van der Waals surface area contributed by atoms with E-state index in [1.54, 1.807) is 17.8 Å². The van der Waals surface area contributed by atoms with Gasteiger partial charge in [0.15, 0.2) is 0 Å². The van der Waals surface area contributed by atoms with E-state index in [1.165, 1.54) is 0 Å². The summed E-state index contributed by atoms with van der Waals surface area (Å²) in [6.45, 7) is 2.34. The lowest BCUT2D eigenvalue weighted by Crippen LogP contribution is -2.41. The van der Waals surface area contributed by atoms with Crippen LogP contribution in [-0.4, -0.2) is 17.7 Å². The second kappa shape index (κ2) is 4.70. The maximum Gasteiger partial charge on any atom is 0.375 e. The van der Waals surface area contributed by atoms with Gasteiger partial charge in [-0.3, -0.25) is 0 Å². The molecule has 2 rings (SSSR count). The summed E-state index contributed by atoms with van der Waals surface area (Å²) in [7, 11) is 0. The van der Waals surface area contributed by atoms with Crippen molar-refractivity contribution in [1.82, 2.24) is 5.10 Å². The van der Waals surface area contributed by atoms with E-state index in [1.807, 2.05) is 30.5 Å². The van der Waals surface area contributed by atoms with Crippen molar-refractivity contribution < 1.29 is 14.2 Å². The van der Waals surface area contributed by atoms with Gasteiger partial charge in [-0.2, -0.15) is 0 Å². The van der Waals surface area contributed by atoms with Crippen LogP contribution in [0.1, 0.15) is 6.92 Å². The molecule has 0 unspecified atom stereocenters. The number of fused-ring (bicyclic) bond motifs is 1. The molecule has 82 valence electrons. The van der Waals surface area contributed by atoms with E-state index >= 15 is 0 Å². The normalized spacial score (nSPS) is 10.3. The first kappa shape index (κ1) is 10.5. The van der Waals surface area contributed by atoms with Crippen molar-refractivity contribution in [3.05, 3.63) is 36.7 Å². The molecule has 0 spiro atoms. The summed E-state index contributed by atoms with van der Waals surface area (Å²) < 4.78 is 6.44. The number of esters is 1. The van der Waals surface area contributed by atoms with E-state index in [-0.39, 0.29) is 12.5 Å². The van der Waals surface area contributed by atoms with Crippen molar-refractivity contribution in [2.24, 2.45) is 0 Å². The van der Waals surface area contributed by atoms with Crippen molar-refractivity contribution in [2.45, 2.75) is 13.5 Å². The molecular weight excluding hydrogens is 204 g/mol. The molecule has 1 aromatic heterocycles. The minimum absolute atomic E-state index is 0.151. The van der Waals surface area contributed by atoms with E-state index in [4.69, 9.17) is 4.74 Å². The van der Waals surface area contributed by atoms with Gasteiger partial charge in [0.05, 0.1) is 6.61 Å². The minimum Gasteiger partial charge on any atom is -0.461 e. The molecule has 1 aromatic carbocycles. The zero-order valence-electron chi connectivity index (χ0n) is 9.09. The molecule has 0 atom stereocenters. The Hall–Kier alpha value is -1.97. The molecule has 0 saturated heterocycles. The highest BCUT2D eigenvalue weighted by atomic mass is 16.5. The molecule has 0 aliphatic rings. The third-order valence-corrected chi connectivity index (χ3v) is 2.23. The average molecular weight is 217 g/mol. The Morgan fingerprint density at radius 2 is 2.12 bits per heavy atom. The monoisotopic (exact) mass is 217 g/mol. The van der Waals surface area contributed by atoms with Crippen molar-refractivity contribution in [2.75, 3.05) is 6.61 Å². The third-order valence-electron chi connectivity index (χ3n) is 2.23. The molecule has 0 saturated carbocycles. The number of carbonyl (C=O) groups excluding carboxylic acids is 1. The summed E-state index contributed by atoms with van der Waals surface area (Å²) in [6, 6.07) is 7.88. The van der Waals surface area contributed by atoms with Crippen LogP contribution in [0.3, 0.4) is 0 Å². The van der Waals surface area contributed by atoms with E-state index < -0.39 is 0 Å². The minimum atomic E-state index is -0.268. The quantitative estimate of drug-likeness (QED) is 0.571. The summed E-state index contributed by atoms with van der Waals surface area (Å²) in [6.07, 6.45) is 3.58. The predicted octanol–water partition coefficient (Wildman–Crippen LogP) is 1.09. The number of nitrogens with zero attached hydrogens (tertiary/aromatic N) is 2. The van der Waals surface area contributed by atoms with E-state index in [0.717, 1.165) is 10.8 Å². The van der Waals surface area contributed by atoms with Gasteiger partial charge in [-0.15, -0.1) is 0 Å². The lowest BCUT2D eigenvalue weighted by Gasteiger charge is -1.97. The van der Waals surface area contributed by atoms with Crippen molar-refractivity contribution in [1.29, 1.82) is 0 Å². The van der Waals surface area contributed by atoms with Gasteiger partial charge >= 0.3 is 5.97 Å². The predicted molar refractivity (Wildman–Crippen MR) is 58.6 cm³/mol. The lowest BCUT2D eigenvalue weighted by atomic mass is 10.2. The molecule has 0 amide bonds. The van der Waals surface area contributed by atoms with Gasteiger partial charge in [-0.05, 0) is 18.1 Å². The Balaban J connectivity index is 2.22. The zero-order valence-corrected chi connectivity index (χ0v) is 9.09. The molecule has 0 N–H and O–H groups in total. The van der Waals surface area contributed by atoms with Crippen molar-refractivity contribution >= 4 is 16.7 Å². The van der Waals surface area contributed by atoms with Gasteiger partial charge in [-0.1, -0.05) is 22.9 Å². The standard InChI is InChI=1S/C12H13N2O2/c1-2-16-12(15)9-14-8-11-6-4-3-5-10(11)7-13-14/h3-8H,2,9H2,1H3/q+1. The van der Waals surface area contributed by atoms with Crippen LogP contribution >= 0.6 is 0 Å². The van der Waals surface area contributed by atoms with Crippen molar-refractivity contribution in [3.63, 3.8) is 0 Å². The number of hydrogen-bond acceptors (Lipinski definition) is 3. The van der Waals surface area contributed by atoms with Gasteiger partial charge in [0.25, 0.3) is 6.54 Å². The van der Waals surface area contributed by atoms with Crippen LogP contribution in [0, 0.1) is 0 Å². The Bertz CT molecular complexity index is 511. The van der Waals surface area contributed by atoms with Crippen LogP contribution in [0.5, 0.6) is 0 Å². The second-order valence-corrected chi connectivity index (χ2v) is 3.41. The van der Waals surface area contributed by atoms with Gasteiger partial charge in [0.2, 0.25) is 6.20 Å². The molecule has 4 nitrogen and oxygen atoms in total. The summed E-state index contributed by atoms with van der Waals surface area (Å²) in [5.41, 5.74) is 0. The average Bonchev–Trinajstić information content (AvgIpc) is 2.29. The topological polar surface area (TPSA) is 43.1 Å². The maximum atomic E-state index is 11.3. The number of rotatable bonds is 3. The molecule has 4 heteroatoms. The van der Waals surface area contributed by atoms with Gasteiger partial charge in [0.1, 0.15) is 6.20 Å². The smallest absolute Gasteiger partial charge is 0.375 e. The molecule has 0 fully saturated rings. The van der Waals surface area contributed by atoms with Crippen LogP contribution in [0.15, 0.2) is 36.7 Å². The Kier molecular flexibility index (Phi) is 3.10. The number of hydrogen-bond donors (Lipinski definition) is 0. The third kappa shape index (κ3) is 2.34. The summed E-state index contributed by atoms with van der Waals surface area (Å²) in [5.74, 6) is -0.268. The van der Waals surface area contributed by atoms with Crippen LogP contribution in [0.4, 0.5) is 0 Å². The summed E-state index contributed by atoms with van der Waals surface area (Å²) >= 11 is 0. The first-order valence-corrected chi connectivity index (χ1v) is 5.19. The SMILES string of the molecule is CCOC(=O)C[n+]1cc2ccccc2cn1. The van der Waals surface area contributed by atoms with Crippen LogP contribution < -0.4 is 4.68 Å². The first-order chi connectivity index (χ1) is 7.79. The molecule has 0 aliphatic heterocycles. The molecule has 0 bridgehead atoms. The molecule has 1 heterocycles. The number of ether oxygens (including phenoxy) is 1. The van der Waals surface area contributed by atoms with Crippen molar-refractivity contribution in [3.8, 4) is 0 Å². The Morgan fingerprint density at radius 1 is 1.38 bits per heavy atom. The number of carbonyl (C=O) groups is 1. The Morgan fingerprint density at radius 3 is 2.88 bits per heavy atom. The van der Waals surface area contributed by atoms with Crippen LogP contribution in [0.25, 0.3) is 10.8 Å². The van der Waals surface area contributed by atoms with Crippen LogP contribution in [0.2, 0.25) is 0 Å². The largest absolute Gasteiger partial charge is 0.461 e. The van der Waals surface area contributed by atoms with Gasteiger partial charge in [-0.25, -0.2) is 4.79 Å². The van der Waals surface area contributed by atoms with Gasteiger partial charge < -0.3 is 4.74 Å². The molecular formula is C12H13N2O2+. The number of benzene rings is 1. The summed E-state index contributed by atoms with van der Waals surface area (Å²) in [5, 5.41) is 6.26. The van der Waals surface area contributed by atoms with E-state index in [9.17, 15) is 4.79 Å². The fourth-order valence-corrected chi connectivity index (χ4v) is 1.50. The Labute approximate surface area is 93.5 Å². The fraction of sp³-hybridized carbons (Fsp3) is 0.250. The van der Waals surface area contributed by atoms with Crippen LogP contribution in [-0.2, 0) is 16.1 Å². The highest BCUT2D eigenvalue weighted by molar-refractivity contribution is 5.79. The number of aromatic nitrogens is 2. The molecule has 2 aromatic rings. The highest BCUT2D eigenvalue weighted by Gasteiger charge is 2.12.